The molecule has 16 nitrogen and oxygen atoms in total. The molecular formula is C40H58N6O10. The molecule has 1 aromatic carbocycles. The predicted molar refractivity (Wildman–Crippen MR) is 203 cm³/mol. The third-order valence-electron chi connectivity index (χ3n) is 10.6. The van der Waals surface area contributed by atoms with Crippen molar-refractivity contribution in [1.82, 2.24) is 31.1 Å². The Morgan fingerprint density at radius 2 is 1.57 bits per heavy atom. The largest absolute Gasteiger partial charge is 0.466 e. The van der Waals surface area contributed by atoms with Gasteiger partial charge in [0.05, 0.1) is 31.7 Å². The Morgan fingerprint density at radius 1 is 0.893 bits per heavy atom. The minimum atomic E-state index is -1.31. The molecule has 6 amide bonds. The number of likely N-dealkylation sites (tertiary alicyclic amines) is 1. The number of hydrogen-bond acceptors (Lipinski definition) is 10. The van der Waals surface area contributed by atoms with Gasteiger partial charge in [0, 0.05) is 26.6 Å². The third-order valence-corrected chi connectivity index (χ3v) is 10.6. The molecule has 16 heteroatoms. The number of amides is 6. The highest BCUT2D eigenvalue weighted by atomic mass is 16.5. The number of fused-ring (bicyclic) bond motifs is 1. The Balaban J connectivity index is 1.49. The van der Waals surface area contributed by atoms with E-state index in [1.807, 2.05) is 13.8 Å². The average Bonchev–Trinajstić information content (AvgIpc) is 3.75. The van der Waals surface area contributed by atoms with Crippen molar-refractivity contribution in [3.8, 4) is 0 Å². The minimum absolute atomic E-state index is 0.0687. The number of rotatable bonds is 18. The fourth-order valence-electron chi connectivity index (χ4n) is 7.79. The summed E-state index contributed by atoms with van der Waals surface area (Å²) in [5.74, 6) is -6.61. The van der Waals surface area contributed by atoms with Crippen LogP contribution in [0.1, 0.15) is 84.2 Å². The van der Waals surface area contributed by atoms with Crippen LogP contribution in [0.15, 0.2) is 30.3 Å². The van der Waals surface area contributed by atoms with E-state index < -0.39 is 89.9 Å². The van der Waals surface area contributed by atoms with Crippen molar-refractivity contribution in [2.45, 2.75) is 96.8 Å². The van der Waals surface area contributed by atoms with E-state index in [1.165, 1.54) is 9.80 Å². The highest BCUT2D eigenvalue weighted by molar-refractivity contribution is 6.38. The number of carbonyl (C=O) groups is 8. The Hall–Kier alpha value is -5.02. The van der Waals surface area contributed by atoms with Crippen molar-refractivity contribution in [2.24, 2.45) is 29.6 Å². The molecule has 1 aromatic rings. The van der Waals surface area contributed by atoms with E-state index in [0.29, 0.717) is 24.8 Å². The second-order valence-corrected chi connectivity index (χ2v) is 15.5. The molecule has 4 rings (SSSR count). The molecule has 1 unspecified atom stereocenters. The van der Waals surface area contributed by atoms with Crippen LogP contribution in [-0.4, -0.2) is 116 Å². The molecular weight excluding hydrogens is 724 g/mol. The molecule has 1 saturated heterocycles. The van der Waals surface area contributed by atoms with Crippen LogP contribution in [0.2, 0.25) is 0 Å². The van der Waals surface area contributed by atoms with Gasteiger partial charge in [-0.1, -0.05) is 76.8 Å². The summed E-state index contributed by atoms with van der Waals surface area (Å²) in [5, 5.41) is 10.4. The highest BCUT2D eigenvalue weighted by Crippen LogP contribution is 2.56. The van der Waals surface area contributed by atoms with Crippen molar-refractivity contribution in [2.75, 3.05) is 40.4 Å². The lowest BCUT2D eigenvalue weighted by Gasteiger charge is -2.36. The molecule has 0 aromatic heterocycles. The summed E-state index contributed by atoms with van der Waals surface area (Å²) in [5.41, 5.74) is 0.530. The number of hydrogen-bond donors (Lipinski definition) is 4. The summed E-state index contributed by atoms with van der Waals surface area (Å²) < 4.78 is 10.6. The van der Waals surface area contributed by atoms with Crippen molar-refractivity contribution < 1.29 is 47.8 Å². The fraction of sp³-hybridized carbons (Fsp3) is 0.650. The van der Waals surface area contributed by atoms with Crippen molar-refractivity contribution in [1.29, 1.82) is 0 Å². The summed E-state index contributed by atoms with van der Waals surface area (Å²) in [6.07, 6.45) is 3.89. The van der Waals surface area contributed by atoms with Gasteiger partial charge in [0.2, 0.25) is 29.4 Å². The normalized spacial score (nSPS) is 21.7. The molecule has 56 heavy (non-hydrogen) atoms. The summed E-state index contributed by atoms with van der Waals surface area (Å²) in [4.78, 5) is 110. The van der Waals surface area contributed by atoms with Gasteiger partial charge in [-0.15, -0.1) is 0 Å². The molecule has 1 heterocycles. The maximum absolute atomic E-state index is 14.4. The first-order valence-electron chi connectivity index (χ1n) is 19.8. The number of carbonyl (C=O) groups excluding carboxylic acids is 8. The van der Waals surface area contributed by atoms with Gasteiger partial charge < -0.3 is 40.5 Å². The standard InChI is InChI=1S/C40H58N6O10/c1-7-15-27(34(48)36(50)41-20-28(47)43-31(37(51)45(5)6)24-16-11-9-12-17-24)42-35(49)33-29-26(30(29)39(53)55-8-2)21-46(33)38(52)32(25-18-13-10-14-19-25)44-40(54)56-22-23(3)4/h9,11-12,16-17,23,25-27,29-33H,7-8,10,13-15,18-22H2,1-6H3,(H,41,50)(H,42,49)(H,43,47)(H,44,54)/t26-,27?,29+,30+,31-,32-,33-/m0/s1. The zero-order valence-corrected chi connectivity index (χ0v) is 33.3. The molecule has 0 spiro atoms. The van der Waals surface area contributed by atoms with Gasteiger partial charge in [-0.3, -0.25) is 33.6 Å². The number of nitrogens with zero attached hydrogens (tertiary/aromatic N) is 2. The second-order valence-electron chi connectivity index (χ2n) is 15.5. The van der Waals surface area contributed by atoms with Gasteiger partial charge in [-0.05, 0) is 49.5 Å². The molecule has 2 aliphatic carbocycles. The van der Waals surface area contributed by atoms with Crippen LogP contribution in [0.5, 0.6) is 0 Å². The van der Waals surface area contributed by atoms with Crippen molar-refractivity contribution in [3.63, 3.8) is 0 Å². The Kier molecular flexibility index (Phi) is 15.8. The molecule has 4 N–H and O–H groups in total. The minimum Gasteiger partial charge on any atom is -0.466 e. The van der Waals surface area contributed by atoms with E-state index in [2.05, 4.69) is 21.3 Å². The van der Waals surface area contributed by atoms with E-state index in [9.17, 15) is 38.4 Å². The number of likely N-dealkylation sites (N-methyl/N-ethyl adjacent to an activating group) is 1. The van der Waals surface area contributed by atoms with Crippen LogP contribution >= 0.6 is 0 Å². The summed E-state index contributed by atoms with van der Waals surface area (Å²) in [6, 6.07) is 4.09. The first-order valence-corrected chi connectivity index (χ1v) is 19.8. The molecule has 7 atom stereocenters. The number of piperidine rings is 1. The average molecular weight is 783 g/mol. The number of ether oxygens (including phenoxy) is 2. The van der Waals surface area contributed by atoms with Gasteiger partial charge in [-0.25, -0.2) is 4.79 Å². The molecule has 0 bridgehead atoms. The predicted octanol–water partition coefficient (Wildman–Crippen LogP) is 1.87. The van der Waals surface area contributed by atoms with Crippen LogP contribution in [0.4, 0.5) is 4.79 Å². The van der Waals surface area contributed by atoms with Gasteiger partial charge in [0.15, 0.2) is 0 Å². The number of Topliss-reactive ketones (excluding diaryl/α,β-unsaturated/α-hetero) is 1. The van der Waals surface area contributed by atoms with Gasteiger partial charge in [0.25, 0.3) is 5.91 Å². The molecule has 0 radical (unpaired) electrons. The summed E-state index contributed by atoms with van der Waals surface area (Å²) in [7, 11) is 3.09. The van der Waals surface area contributed by atoms with Crippen LogP contribution in [0.3, 0.4) is 0 Å². The SMILES string of the molecule is CCCC(NC(=O)[C@@H]1[C@@H]2[C@H](CN1C(=O)[C@@H](NC(=O)OCC(C)C)C1CCCCC1)[C@H]2C(=O)OCC)C(=O)C(=O)NCC(=O)N[C@H](C(=O)N(C)C)c1ccccc1. The van der Waals surface area contributed by atoms with Crippen LogP contribution in [-0.2, 0) is 43.0 Å². The first kappa shape index (κ1) is 43.7. The van der Waals surface area contributed by atoms with Crippen molar-refractivity contribution in [3.05, 3.63) is 35.9 Å². The van der Waals surface area contributed by atoms with Crippen LogP contribution in [0.25, 0.3) is 0 Å². The zero-order chi connectivity index (χ0) is 41.1. The Morgan fingerprint density at radius 3 is 2.18 bits per heavy atom. The second kappa shape index (κ2) is 20.2. The molecule has 3 aliphatic rings. The molecule has 308 valence electrons. The lowest BCUT2D eigenvalue weighted by atomic mass is 9.83. The quantitative estimate of drug-likeness (QED) is 0.126. The monoisotopic (exact) mass is 782 g/mol. The van der Waals surface area contributed by atoms with Gasteiger partial charge in [0.1, 0.15) is 18.1 Å². The van der Waals surface area contributed by atoms with Gasteiger partial charge >= 0.3 is 12.1 Å². The van der Waals surface area contributed by atoms with E-state index in [4.69, 9.17) is 9.47 Å². The smallest absolute Gasteiger partial charge is 0.407 e. The van der Waals surface area contributed by atoms with Gasteiger partial charge in [-0.2, -0.15) is 0 Å². The van der Waals surface area contributed by atoms with Crippen LogP contribution in [0, 0.1) is 29.6 Å². The topological polar surface area (TPSA) is 210 Å². The van der Waals surface area contributed by atoms with E-state index in [0.717, 1.165) is 19.3 Å². The number of ketones is 1. The maximum Gasteiger partial charge on any atom is 0.407 e. The molecule has 3 fully saturated rings. The zero-order valence-electron chi connectivity index (χ0n) is 33.3. The summed E-state index contributed by atoms with van der Waals surface area (Å²) >= 11 is 0. The summed E-state index contributed by atoms with van der Waals surface area (Å²) in [6.45, 7) is 6.98. The van der Waals surface area contributed by atoms with Crippen LogP contribution < -0.4 is 21.3 Å². The third kappa shape index (κ3) is 11.1. The fourth-order valence-corrected chi connectivity index (χ4v) is 7.79. The molecule has 1 aliphatic heterocycles. The highest BCUT2D eigenvalue weighted by Gasteiger charge is 2.68. The first-order chi connectivity index (χ1) is 26.7. The van der Waals surface area contributed by atoms with Crippen molar-refractivity contribution >= 4 is 47.4 Å². The lowest BCUT2D eigenvalue weighted by molar-refractivity contribution is -0.149. The van der Waals surface area contributed by atoms with E-state index in [1.54, 1.807) is 58.3 Å². The number of esters is 1. The van der Waals surface area contributed by atoms with E-state index in [-0.39, 0.29) is 43.9 Å². The number of nitrogens with one attached hydrogen (secondary N) is 4. The number of benzene rings is 1. The Labute approximate surface area is 328 Å². The Bertz CT molecular complexity index is 1600. The number of alkyl carbamates (subject to hydrolysis) is 1. The van der Waals surface area contributed by atoms with E-state index >= 15 is 0 Å². The molecule has 2 saturated carbocycles. The lowest BCUT2D eigenvalue weighted by Crippen LogP contribution is -2.59. The maximum atomic E-state index is 14.4.